The van der Waals surface area contributed by atoms with Crippen LogP contribution in [0, 0.1) is 11.3 Å². The molecule has 6 nitrogen and oxygen atoms in total. The predicted molar refractivity (Wildman–Crippen MR) is 74.3 cm³/mol. The summed E-state index contributed by atoms with van der Waals surface area (Å²) in [5.41, 5.74) is 1.77. The standard InChI is InChI=1S/C14H14N4O2/c1-20-12-4-2-10(3-5-12)13-8-11(9-15)17-14(18-13)16-6-7-19/h2-5,8,19H,6-7H2,1H3,(H,16,17,18). The first-order valence-corrected chi connectivity index (χ1v) is 6.05. The molecule has 6 heteroatoms. The summed E-state index contributed by atoms with van der Waals surface area (Å²) in [6, 6.07) is 11.0. The smallest absolute Gasteiger partial charge is 0.224 e. The van der Waals surface area contributed by atoms with E-state index >= 15 is 0 Å². The molecule has 20 heavy (non-hydrogen) atoms. The van der Waals surface area contributed by atoms with Gasteiger partial charge in [0.25, 0.3) is 0 Å². The zero-order valence-corrected chi connectivity index (χ0v) is 11.0. The molecule has 0 saturated carbocycles. The van der Waals surface area contributed by atoms with Crippen LogP contribution in [0.3, 0.4) is 0 Å². The van der Waals surface area contributed by atoms with Gasteiger partial charge in [0.05, 0.1) is 19.4 Å². The van der Waals surface area contributed by atoms with Gasteiger partial charge in [0.2, 0.25) is 5.95 Å². The molecule has 0 aliphatic rings. The molecule has 0 atom stereocenters. The Morgan fingerprint density at radius 3 is 2.65 bits per heavy atom. The SMILES string of the molecule is COc1ccc(-c2cc(C#N)nc(NCCO)n2)cc1. The van der Waals surface area contributed by atoms with Gasteiger partial charge < -0.3 is 15.2 Å². The number of rotatable bonds is 5. The maximum Gasteiger partial charge on any atom is 0.224 e. The number of nitrogens with one attached hydrogen (secondary N) is 1. The maximum absolute atomic E-state index is 9.00. The Labute approximate surface area is 116 Å². The molecule has 0 fully saturated rings. The third kappa shape index (κ3) is 3.22. The number of nitriles is 1. The fraction of sp³-hybridized carbons (Fsp3) is 0.214. The number of hydrogen-bond acceptors (Lipinski definition) is 6. The molecule has 0 aliphatic carbocycles. The monoisotopic (exact) mass is 270 g/mol. The minimum Gasteiger partial charge on any atom is -0.497 e. The van der Waals surface area contributed by atoms with E-state index in [0.29, 0.717) is 18.2 Å². The van der Waals surface area contributed by atoms with Crippen molar-refractivity contribution in [3.05, 3.63) is 36.0 Å². The van der Waals surface area contributed by atoms with Crippen LogP contribution in [-0.2, 0) is 0 Å². The Balaban J connectivity index is 2.36. The molecule has 0 aliphatic heterocycles. The molecule has 1 aromatic heterocycles. The average Bonchev–Trinajstić information content (AvgIpc) is 2.52. The van der Waals surface area contributed by atoms with E-state index in [1.54, 1.807) is 13.2 Å². The normalized spacial score (nSPS) is 9.85. The minimum absolute atomic E-state index is 0.0298. The lowest BCUT2D eigenvalue weighted by Crippen LogP contribution is -2.09. The van der Waals surface area contributed by atoms with Crippen molar-refractivity contribution in [2.75, 3.05) is 25.6 Å². The highest BCUT2D eigenvalue weighted by Gasteiger charge is 2.06. The van der Waals surface area contributed by atoms with Gasteiger partial charge in [0, 0.05) is 18.2 Å². The van der Waals surface area contributed by atoms with Gasteiger partial charge in [-0.25, -0.2) is 9.97 Å². The molecular formula is C14H14N4O2. The van der Waals surface area contributed by atoms with Crippen LogP contribution in [0.5, 0.6) is 5.75 Å². The first-order valence-electron chi connectivity index (χ1n) is 6.05. The average molecular weight is 270 g/mol. The number of benzene rings is 1. The minimum atomic E-state index is -0.0298. The summed E-state index contributed by atoms with van der Waals surface area (Å²) in [5.74, 6) is 1.07. The maximum atomic E-state index is 9.00. The van der Waals surface area contributed by atoms with E-state index in [4.69, 9.17) is 15.1 Å². The van der Waals surface area contributed by atoms with Gasteiger partial charge in [-0.3, -0.25) is 0 Å². The predicted octanol–water partition coefficient (Wildman–Crippen LogP) is 1.43. The lowest BCUT2D eigenvalue weighted by Gasteiger charge is -2.07. The van der Waals surface area contributed by atoms with Crippen LogP contribution in [0.4, 0.5) is 5.95 Å². The molecule has 0 amide bonds. The number of ether oxygens (including phenoxy) is 1. The highest BCUT2D eigenvalue weighted by atomic mass is 16.5. The van der Waals surface area contributed by atoms with E-state index in [2.05, 4.69) is 15.3 Å². The third-order valence-corrected chi connectivity index (χ3v) is 2.62. The fourth-order valence-electron chi connectivity index (χ4n) is 1.66. The summed E-state index contributed by atoms with van der Waals surface area (Å²) in [6.45, 7) is 0.301. The molecule has 0 saturated heterocycles. The number of aliphatic hydroxyl groups is 1. The first kappa shape index (κ1) is 13.8. The third-order valence-electron chi connectivity index (χ3n) is 2.62. The molecule has 0 spiro atoms. The van der Waals surface area contributed by atoms with Crippen molar-refractivity contribution in [3.63, 3.8) is 0 Å². The van der Waals surface area contributed by atoms with Gasteiger partial charge in [-0.05, 0) is 24.3 Å². The zero-order chi connectivity index (χ0) is 14.4. The number of anilines is 1. The highest BCUT2D eigenvalue weighted by molar-refractivity contribution is 5.62. The second-order valence-electron chi connectivity index (χ2n) is 3.95. The molecule has 1 aromatic carbocycles. The molecule has 1 heterocycles. The van der Waals surface area contributed by atoms with Crippen molar-refractivity contribution in [2.24, 2.45) is 0 Å². The number of nitrogens with zero attached hydrogens (tertiary/aromatic N) is 3. The van der Waals surface area contributed by atoms with Crippen molar-refractivity contribution in [2.45, 2.75) is 0 Å². The first-order chi connectivity index (χ1) is 9.76. The van der Waals surface area contributed by atoms with Crippen LogP contribution in [-0.4, -0.2) is 35.3 Å². The largest absolute Gasteiger partial charge is 0.497 e. The molecular weight excluding hydrogens is 256 g/mol. The summed E-state index contributed by atoms with van der Waals surface area (Å²) in [5, 5.41) is 20.7. The zero-order valence-electron chi connectivity index (χ0n) is 11.0. The van der Waals surface area contributed by atoms with Crippen LogP contribution in [0.1, 0.15) is 5.69 Å². The fourth-order valence-corrected chi connectivity index (χ4v) is 1.66. The summed E-state index contributed by atoms with van der Waals surface area (Å²) >= 11 is 0. The Morgan fingerprint density at radius 1 is 1.30 bits per heavy atom. The van der Waals surface area contributed by atoms with Crippen molar-refractivity contribution in [1.82, 2.24) is 9.97 Å². The van der Waals surface area contributed by atoms with E-state index in [1.807, 2.05) is 30.3 Å². The Bertz CT molecular complexity index is 620. The van der Waals surface area contributed by atoms with Crippen LogP contribution < -0.4 is 10.1 Å². The van der Waals surface area contributed by atoms with Crippen molar-refractivity contribution in [3.8, 4) is 23.1 Å². The second-order valence-corrected chi connectivity index (χ2v) is 3.95. The summed E-state index contributed by atoms with van der Waals surface area (Å²) in [6.07, 6.45) is 0. The molecule has 0 bridgehead atoms. The number of aromatic nitrogens is 2. The Kier molecular flexibility index (Phi) is 4.47. The number of aliphatic hydroxyl groups excluding tert-OH is 1. The second kappa shape index (κ2) is 6.50. The van der Waals surface area contributed by atoms with E-state index in [9.17, 15) is 0 Å². The summed E-state index contributed by atoms with van der Waals surface area (Å²) in [7, 11) is 1.60. The molecule has 0 radical (unpaired) electrons. The van der Waals surface area contributed by atoms with Gasteiger partial charge in [-0.15, -0.1) is 0 Å². The van der Waals surface area contributed by atoms with Gasteiger partial charge in [0.15, 0.2) is 0 Å². The summed E-state index contributed by atoms with van der Waals surface area (Å²) < 4.78 is 5.10. The lowest BCUT2D eigenvalue weighted by molar-refractivity contribution is 0.311. The summed E-state index contributed by atoms with van der Waals surface area (Å²) in [4.78, 5) is 8.35. The topological polar surface area (TPSA) is 91.1 Å². The van der Waals surface area contributed by atoms with E-state index < -0.39 is 0 Å². The molecule has 0 unspecified atom stereocenters. The number of methoxy groups -OCH3 is 1. The van der Waals surface area contributed by atoms with Gasteiger partial charge in [0.1, 0.15) is 17.5 Å². The van der Waals surface area contributed by atoms with Crippen LogP contribution in [0.25, 0.3) is 11.3 Å². The van der Waals surface area contributed by atoms with E-state index in [0.717, 1.165) is 11.3 Å². The van der Waals surface area contributed by atoms with Crippen LogP contribution in [0.15, 0.2) is 30.3 Å². The van der Waals surface area contributed by atoms with E-state index in [1.165, 1.54) is 0 Å². The lowest BCUT2D eigenvalue weighted by atomic mass is 10.1. The molecule has 2 aromatic rings. The number of hydrogen-bond donors (Lipinski definition) is 2. The van der Waals surface area contributed by atoms with Crippen molar-refractivity contribution in [1.29, 1.82) is 5.26 Å². The van der Waals surface area contributed by atoms with Crippen LogP contribution >= 0.6 is 0 Å². The molecule has 2 rings (SSSR count). The van der Waals surface area contributed by atoms with Crippen molar-refractivity contribution < 1.29 is 9.84 Å². The molecule has 2 N–H and O–H groups in total. The highest BCUT2D eigenvalue weighted by Crippen LogP contribution is 2.22. The van der Waals surface area contributed by atoms with Gasteiger partial charge in [-0.2, -0.15) is 5.26 Å². The Morgan fingerprint density at radius 2 is 2.05 bits per heavy atom. The van der Waals surface area contributed by atoms with E-state index in [-0.39, 0.29) is 12.3 Å². The van der Waals surface area contributed by atoms with Gasteiger partial charge in [-0.1, -0.05) is 0 Å². The Hall–Kier alpha value is -2.65. The van der Waals surface area contributed by atoms with Gasteiger partial charge >= 0.3 is 0 Å². The quantitative estimate of drug-likeness (QED) is 0.854. The molecule has 102 valence electrons. The van der Waals surface area contributed by atoms with Crippen molar-refractivity contribution >= 4 is 5.95 Å². The van der Waals surface area contributed by atoms with Crippen LogP contribution in [0.2, 0.25) is 0 Å².